The monoisotopic (exact) mass is 260 g/mol. The summed E-state index contributed by atoms with van der Waals surface area (Å²) in [5.74, 6) is -0.346. The maximum atomic E-state index is 13.1. The van der Waals surface area contributed by atoms with Gasteiger partial charge in [0.05, 0.1) is 12.2 Å². The average molecular weight is 261 g/mol. The Morgan fingerprint density at radius 2 is 2.18 bits per heavy atom. The summed E-state index contributed by atoms with van der Waals surface area (Å²) in [5.41, 5.74) is 0.609. The van der Waals surface area contributed by atoms with E-state index in [2.05, 4.69) is 0 Å². The first-order valence-corrected chi connectivity index (χ1v) is 6.11. The van der Waals surface area contributed by atoms with E-state index in [0.717, 1.165) is 12.8 Å². The zero-order valence-electron chi connectivity index (χ0n) is 10.1. The van der Waals surface area contributed by atoms with Gasteiger partial charge in [-0.2, -0.15) is 0 Å². The molecular weight excluding hydrogens is 243 g/mol. The Bertz CT molecular complexity index is 357. The number of ether oxygens (including phenoxy) is 1. The Kier molecular flexibility index (Phi) is 5.89. The molecule has 0 amide bonds. The van der Waals surface area contributed by atoms with Gasteiger partial charge >= 0.3 is 0 Å². The highest BCUT2D eigenvalue weighted by molar-refractivity contribution is 6.31. The molecule has 1 rings (SSSR count). The van der Waals surface area contributed by atoms with Crippen LogP contribution in [0.2, 0.25) is 5.02 Å². The molecule has 1 aromatic carbocycles. The third-order valence-electron chi connectivity index (χ3n) is 2.74. The molecule has 4 heteroatoms. The largest absolute Gasteiger partial charge is 0.390 e. The smallest absolute Gasteiger partial charge is 0.123 e. The maximum absolute atomic E-state index is 13.1. The van der Waals surface area contributed by atoms with Crippen molar-refractivity contribution in [3.05, 3.63) is 34.6 Å². The number of halogens is 2. The van der Waals surface area contributed by atoms with Crippen LogP contribution in [0, 0.1) is 5.82 Å². The van der Waals surface area contributed by atoms with Crippen molar-refractivity contribution in [3.8, 4) is 0 Å². The van der Waals surface area contributed by atoms with E-state index in [1.165, 1.54) is 18.2 Å². The van der Waals surface area contributed by atoms with E-state index >= 15 is 0 Å². The molecule has 0 heterocycles. The summed E-state index contributed by atoms with van der Waals surface area (Å²) in [5, 5.41) is 10.5. The van der Waals surface area contributed by atoms with E-state index < -0.39 is 6.10 Å². The Morgan fingerprint density at radius 3 is 2.76 bits per heavy atom. The highest BCUT2D eigenvalue weighted by atomic mass is 35.5. The highest BCUT2D eigenvalue weighted by Crippen LogP contribution is 2.20. The van der Waals surface area contributed by atoms with Crippen LogP contribution in [0.3, 0.4) is 0 Å². The van der Waals surface area contributed by atoms with Crippen LogP contribution in [0.25, 0.3) is 0 Å². The number of benzene rings is 1. The SMILES string of the molecule is CCCC(OC)C(O)Cc1cc(F)ccc1Cl. The van der Waals surface area contributed by atoms with E-state index in [-0.39, 0.29) is 11.9 Å². The van der Waals surface area contributed by atoms with Gasteiger partial charge in [0.2, 0.25) is 0 Å². The number of aliphatic hydroxyl groups excluding tert-OH is 1. The minimum atomic E-state index is -0.667. The molecule has 2 unspecified atom stereocenters. The molecule has 2 nitrogen and oxygen atoms in total. The quantitative estimate of drug-likeness (QED) is 0.851. The molecule has 17 heavy (non-hydrogen) atoms. The first-order chi connectivity index (χ1) is 8.08. The van der Waals surface area contributed by atoms with Crippen LogP contribution < -0.4 is 0 Å². The third-order valence-corrected chi connectivity index (χ3v) is 3.11. The normalized spacial score (nSPS) is 14.6. The minimum absolute atomic E-state index is 0.237. The topological polar surface area (TPSA) is 29.5 Å². The van der Waals surface area contributed by atoms with Crippen molar-refractivity contribution in [2.24, 2.45) is 0 Å². The first kappa shape index (κ1) is 14.4. The fourth-order valence-electron chi connectivity index (χ4n) is 1.81. The fraction of sp³-hybridized carbons (Fsp3) is 0.538. The van der Waals surface area contributed by atoms with Crippen molar-refractivity contribution >= 4 is 11.6 Å². The van der Waals surface area contributed by atoms with Crippen LogP contribution in [-0.2, 0) is 11.2 Å². The summed E-state index contributed by atoms with van der Waals surface area (Å²) in [6, 6.07) is 4.16. The Labute approximate surface area is 106 Å². The van der Waals surface area contributed by atoms with Gasteiger partial charge in [0.15, 0.2) is 0 Å². The molecule has 2 atom stereocenters. The second-order valence-electron chi connectivity index (χ2n) is 4.07. The van der Waals surface area contributed by atoms with Crippen molar-refractivity contribution in [2.45, 2.75) is 38.4 Å². The number of rotatable bonds is 6. The van der Waals surface area contributed by atoms with Crippen LogP contribution in [0.15, 0.2) is 18.2 Å². The van der Waals surface area contributed by atoms with E-state index in [4.69, 9.17) is 16.3 Å². The van der Waals surface area contributed by atoms with E-state index in [1.54, 1.807) is 7.11 Å². The molecule has 0 saturated heterocycles. The number of aliphatic hydroxyl groups is 1. The van der Waals surface area contributed by atoms with Crippen molar-refractivity contribution in [1.82, 2.24) is 0 Å². The molecule has 0 aromatic heterocycles. The molecule has 96 valence electrons. The summed E-state index contributed by atoms with van der Waals surface area (Å²) in [7, 11) is 1.57. The van der Waals surface area contributed by atoms with E-state index in [0.29, 0.717) is 17.0 Å². The molecule has 1 aromatic rings. The van der Waals surface area contributed by atoms with Gasteiger partial charge in [-0.05, 0) is 30.2 Å². The molecule has 0 aliphatic heterocycles. The van der Waals surface area contributed by atoms with E-state index in [9.17, 15) is 9.50 Å². The van der Waals surface area contributed by atoms with Gasteiger partial charge in [0.25, 0.3) is 0 Å². The number of hydrogen-bond donors (Lipinski definition) is 1. The predicted molar refractivity (Wildman–Crippen MR) is 66.8 cm³/mol. The van der Waals surface area contributed by atoms with Gasteiger partial charge in [0.1, 0.15) is 5.82 Å². The number of methoxy groups -OCH3 is 1. The third kappa shape index (κ3) is 4.26. The highest BCUT2D eigenvalue weighted by Gasteiger charge is 2.19. The summed E-state index contributed by atoms with van der Waals surface area (Å²) in [6.45, 7) is 2.02. The van der Waals surface area contributed by atoms with Gasteiger partial charge in [-0.3, -0.25) is 0 Å². The second kappa shape index (κ2) is 6.94. The summed E-state index contributed by atoms with van der Waals surface area (Å²) < 4.78 is 18.3. The molecule has 1 N–H and O–H groups in total. The first-order valence-electron chi connectivity index (χ1n) is 5.73. The molecule has 0 aliphatic carbocycles. The molecule has 0 radical (unpaired) electrons. The minimum Gasteiger partial charge on any atom is -0.390 e. The molecule has 0 bridgehead atoms. The van der Waals surface area contributed by atoms with Crippen molar-refractivity contribution in [1.29, 1.82) is 0 Å². The lowest BCUT2D eigenvalue weighted by atomic mass is 10.0. The average Bonchev–Trinajstić information content (AvgIpc) is 2.30. The Morgan fingerprint density at radius 1 is 1.47 bits per heavy atom. The second-order valence-corrected chi connectivity index (χ2v) is 4.48. The van der Waals surface area contributed by atoms with Crippen LogP contribution in [0.4, 0.5) is 4.39 Å². The van der Waals surface area contributed by atoms with Gasteiger partial charge in [-0.1, -0.05) is 24.9 Å². The molecule has 0 fully saturated rings. The van der Waals surface area contributed by atoms with Crippen molar-refractivity contribution in [3.63, 3.8) is 0 Å². The molecule has 0 spiro atoms. The lowest BCUT2D eigenvalue weighted by molar-refractivity contribution is -0.0159. The lowest BCUT2D eigenvalue weighted by Gasteiger charge is -2.21. The molecule has 0 saturated carbocycles. The van der Waals surface area contributed by atoms with Crippen molar-refractivity contribution in [2.75, 3.05) is 7.11 Å². The number of hydrogen-bond acceptors (Lipinski definition) is 2. The lowest BCUT2D eigenvalue weighted by Crippen LogP contribution is -2.30. The standard InChI is InChI=1S/C13H18ClFO2/c1-3-4-13(17-2)12(16)8-9-7-10(15)5-6-11(9)14/h5-7,12-13,16H,3-4,8H2,1-2H3. The van der Waals surface area contributed by atoms with Crippen LogP contribution >= 0.6 is 11.6 Å². The van der Waals surface area contributed by atoms with Gasteiger partial charge < -0.3 is 9.84 Å². The Hall–Kier alpha value is -0.640. The zero-order valence-corrected chi connectivity index (χ0v) is 10.9. The summed E-state index contributed by atoms with van der Waals surface area (Å²) in [6.07, 6.45) is 1.09. The van der Waals surface area contributed by atoms with E-state index in [1.807, 2.05) is 6.92 Å². The van der Waals surface area contributed by atoms with Gasteiger partial charge in [0, 0.05) is 18.6 Å². The van der Waals surface area contributed by atoms with Crippen LogP contribution in [0.5, 0.6) is 0 Å². The van der Waals surface area contributed by atoms with Gasteiger partial charge in [-0.15, -0.1) is 0 Å². The Balaban J connectivity index is 2.72. The van der Waals surface area contributed by atoms with Gasteiger partial charge in [-0.25, -0.2) is 4.39 Å². The molecule has 0 aliphatic rings. The van der Waals surface area contributed by atoms with Crippen LogP contribution in [-0.4, -0.2) is 24.4 Å². The maximum Gasteiger partial charge on any atom is 0.123 e. The predicted octanol–water partition coefficient (Wildman–Crippen LogP) is 3.20. The van der Waals surface area contributed by atoms with Crippen LogP contribution in [0.1, 0.15) is 25.3 Å². The molecular formula is C13H18ClFO2. The zero-order chi connectivity index (χ0) is 12.8. The summed E-state index contributed by atoms with van der Waals surface area (Å²) >= 11 is 5.95. The van der Waals surface area contributed by atoms with Crippen molar-refractivity contribution < 1.29 is 14.2 Å². The summed E-state index contributed by atoms with van der Waals surface area (Å²) in [4.78, 5) is 0. The fourth-order valence-corrected chi connectivity index (χ4v) is 2.00.